The number of piperidine rings is 1. The Morgan fingerprint density at radius 2 is 1.39 bits per heavy atom. The number of piperazine rings is 1. The van der Waals surface area contributed by atoms with Crippen LogP contribution in [0.3, 0.4) is 0 Å². The van der Waals surface area contributed by atoms with Crippen molar-refractivity contribution in [3.8, 4) is 22.6 Å². The third-order valence-electron chi connectivity index (χ3n) is 11.4. The van der Waals surface area contributed by atoms with Gasteiger partial charge < -0.3 is 29.3 Å². The van der Waals surface area contributed by atoms with Crippen molar-refractivity contribution in [1.29, 1.82) is 0 Å². The van der Waals surface area contributed by atoms with Crippen molar-refractivity contribution in [2.75, 3.05) is 52.4 Å². The molecule has 7 rings (SSSR count). The second-order valence-electron chi connectivity index (χ2n) is 15.3. The van der Waals surface area contributed by atoms with Crippen molar-refractivity contribution < 1.29 is 28.2 Å². The molecule has 0 saturated carbocycles. The number of benzene rings is 5. The molecule has 2 aliphatic heterocycles. The maximum absolute atomic E-state index is 14.9. The zero-order chi connectivity index (χ0) is 40.8. The number of rotatable bonds is 16. The summed E-state index contributed by atoms with van der Waals surface area (Å²) in [4.78, 5) is 34.1. The summed E-state index contributed by atoms with van der Waals surface area (Å²) >= 11 is 0. The van der Waals surface area contributed by atoms with E-state index in [0.717, 1.165) is 55.8 Å². The van der Waals surface area contributed by atoms with Crippen LogP contribution in [0, 0.1) is 11.7 Å². The monoisotopic (exact) mass is 798 g/mol. The molecule has 5 aromatic carbocycles. The van der Waals surface area contributed by atoms with Crippen molar-refractivity contribution >= 4 is 12.0 Å². The normalized spacial score (nSPS) is 15.7. The van der Waals surface area contributed by atoms with E-state index in [4.69, 9.17) is 14.2 Å². The van der Waals surface area contributed by atoms with Gasteiger partial charge in [0.25, 0.3) is 0 Å². The van der Waals surface area contributed by atoms with Crippen LogP contribution in [0.15, 0.2) is 127 Å². The predicted octanol–water partition coefficient (Wildman–Crippen LogP) is 8.36. The summed E-state index contributed by atoms with van der Waals surface area (Å²) in [6, 6.07) is 40.8. The molecule has 10 heteroatoms. The minimum Gasteiger partial charge on any atom is -0.493 e. The van der Waals surface area contributed by atoms with Gasteiger partial charge in [-0.1, -0.05) is 103 Å². The van der Waals surface area contributed by atoms with Gasteiger partial charge in [-0.05, 0) is 97.3 Å². The predicted molar refractivity (Wildman–Crippen MR) is 228 cm³/mol. The molecule has 9 nitrogen and oxygen atoms in total. The second kappa shape index (κ2) is 20.8. The topological polar surface area (TPSA) is 83.6 Å². The van der Waals surface area contributed by atoms with Gasteiger partial charge >= 0.3 is 6.09 Å². The van der Waals surface area contributed by atoms with E-state index >= 15 is 0 Å². The second-order valence-corrected chi connectivity index (χ2v) is 15.3. The number of carbonyl (C=O) groups is 2. The number of amides is 2. The molecule has 0 unspecified atom stereocenters. The summed E-state index contributed by atoms with van der Waals surface area (Å²) in [5.41, 5.74) is 6.12. The van der Waals surface area contributed by atoms with Crippen molar-refractivity contribution in [3.05, 3.63) is 155 Å². The van der Waals surface area contributed by atoms with Crippen molar-refractivity contribution in [2.45, 2.75) is 52.0 Å². The highest BCUT2D eigenvalue weighted by Gasteiger charge is 2.37. The van der Waals surface area contributed by atoms with E-state index < -0.39 is 12.1 Å². The van der Waals surface area contributed by atoms with Gasteiger partial charge in [0.05, 0.1) is 6.61 Å². The number of hydrogen-bond donors (Lipinski definition) is 1. The Kier molecular flexibility index (Phi) is 14.6. The minimum atomic E-state index is -0.716. The zero-order valence-electron chi connectivity index (χ0n) is 33.9. The Morgan fingerprint density at radius 1 is 0.729 bits per heavy atom. The van der Waals surface area contributed by atoms with Crippen LogP contribution >= 0.6 is 0 Å². The lowest BCUT2D eigenvalue weighted by Gasteiger charge is -2.40. The molecule has 2 aliphatic rings. The number of nitrogens with one attached hydrogen (secondary N) is 1. The SMILES string of the molecule is CCOc1cccc(F)c1CN1CCN(C(=O)[C@H](NC(=O)OCc2ccccc2)C2CCN(CCc3cc(OCc4ccccc4)ccc3-c3ccccc3)CC2)CC1. The van der Waals surface area contributed by atoms with Crippen LogP contribution in [0.1, 0.15) is 42.0 Å². The molecule has 2 heterocycles. The summed E-state index contributed by atoms with van der Waals surface area (Å²) in [6.07, 6.45) is 1.76. The smallest absolute Gasteiger partial charge is 0.408 e. The number of likely N-dealkylation sites (tertiary alicyclic amines) is 1. The number of carbonyl (C=O) groups excluding carboxylic acids is 2. The molecule has 2 fully saturated rings. The van der Waals surface area contributed by atoms with Crippen LogP contribution in [-0.4, -0.2) is 85.2 Å². The largest absolute Gasteiger partial charge is 0.493 e. The van der Waals surface area contributed by atoms with Gasteiger partial charge in [0, 0.05) is 44.8 Å². The number of nitrogens with zero attached hydrogens (tertiary/aromatic N) is 3. The van der Waals surface area contributed by atoms with Crippen LogP contribution in [0.4, 0.5) is 9.18 Å². The lowest BCUT2D eigenvalue weighted by molar-refractivity contribution is -0.137. The van der Waals surface area contributed by atoms with Crippen LogP contribution in [0.25, 0.3) is 11.1 Å². The molecular weight excluding hydrogens is 744 g/mol. The maximum Gasteiger partial charge on any atom is 0.408 e. The molecular formula is C49H55FN4O5. The third kappa shape index (κ3) is 11.5. The van der Waals surface area contributed by atoms with E-state index in [1.165, 1.54) is 22.8 Å². The molecule has 0 aliphatic carbocycles. The first kappa shape index (κ1) is 41.4. The van der Waals surface area contributed by atoms with Gasteiger partial charge in [-0.2, -0.15) is 0 Å². The standard InChI is InChI=1S/C49H55FN4O5/c1-2-57-46-20-12-19-45(50)44(46)34-53-29-31-54(32-30-53)48(55)47(51-49(56)59-36-38-15-8-4-9-16-38)40-23-26-52(27-24-40)28-25-41-33-42(58-35-37-13-6-3-7-14-37)21-22-43(41)39-17-10-5-11-18-39/h3-22,33,40,47H,2,23-32,34-36H2,1H3,(H,51,56)/t47-/m1/s1. The molecule has 0 radical (unpaired) electrons. The molecule has 0 bridgehead atoms. The number of ether oxygens (including phenoxy) is 3. The molecule has 59 heavy (non-hydrogen) atoms. The Morgan fingerprint density at radius 3 is 2.07 bits per heavy atom. The summed E-state index contributed by atoms with van der Waals surface area (Å²) in [7, 11) is 0. The van der Waals surface area contributed by atoms with Gasteiger partial charge in [0.1, 0.15) is 36.6 Å². The van der Waals surface area contributed by atoms with E-state index in [9.17, 15) is 14.0 Å². The van der Waals surface area contributed by atoms with Gasteiger partial charge in [-0.25, -0.2) is 9.18 Å². The Balaban J connectivity index is 0.986. The van der Waals surface area contributed by atoms with E-state index in [2.05, 4.69) is 69.7 Å². The fraction of sp³-hybridized carbons (Fsp3) is 0.347. The van der Waals surface area contributed by atoms with Gasteiger partial charge in [0.2, 0.25) is 5.91 Å². The molecule has 1 atom stereocenters. The van der Waals surface area contributed by atoms with Crippen molar-refractivity contribution in [2.24, 2.45) is 5.92 Å². The van der Waals surface area contributed by atoms with E-state index in [1.807, 2.05) is 66.4 Å². The van der Waals surface area contributed by atoms with Gasteiger partial charge in [0.15, 0.2) is 0 Å². The minimum absolute atomic E-state index is 0.0529. The van der Waals surface area contributed by atoms with Gasteiger partial charge in [-0.3, -0.25) is 9.69 Å². The quantitative estimate of drug-likeness (QED) is 0.108. The number of hydrogen-bond acceptors (Lipinski definition) is 7. The lowest BCUT2D eigenvalue weighted by atomic mass is 9.88. The first-order valence-electron chi connectivity index (χ1n) is 20.9. The first-order chi connectivity index (χ1) is 28.9. The maximum atomic E-state index is 14.9. The summed E-state index contributed by atoms with van der Waals surface area (Å²) in [5.74, 6) is 0.950. The third-order valence-corrected chi connectivity index (χ3v) is 11.4. The average Bonchev–Trinajstić information content (AvgIpc) is 3.28. The summed E-state index contributed by atoms with van der Waals surface area (Å²) in [6.45, 7) is 7.94. The Bertz CT molecular complexity index is 2090. The zero-order valence-corrected chi connectivity index (χ0v) is 33.9. The van der Waals surface area contributed by atoms with Gasteiger partial charge in [-0.15, -0.1) is 0 Å². The summed E-state index contributed by atoms with van der Waals surface area (Å²) in [5, 5.41) is 3.00. The molecule has 5 aromatic rings. The van der Waals surface area contributed by atoms with Crippen molar-refractivity contribution in [3.63, 3.8) is 0 Å². The Labute approximate surface area is 347 Å². The summed E-state index contributed by atoms with van der Waals surface area (Å²) < 4.78 is 32.4. The Hall–Kier alpha value is -5.71. The van der Waals surface area contributed by atoms with E-state index in [1.54, 1.807) is 12.1 Å². The highest BCUT2D eigenvalue weighted by Crippen LogP contribution is 2.30. The fourth-order valence-electron chi connectivity index (χ4n) is 8.10. The van der Waals surface area contributed by atoms with Crippen LogP contribution in [0.5, 0.6) is 11.5 Å². The van der Waals surface area contributed by atoms with Crippen LogP contribution < -0.4 is 14.8 Å². The van der Waals surface area contributed by atoms with E-state index in [0.29, 0.717) is 57.3 Å². The first-order valence-corrected chi connectivity index (χ1v) is 20.9. The number of halogens is 1. The fourth-order valence-corrected chi connectivity index (χ4v) is 8.10. The lowest BCUT2D eigenvalue weighted by Crippen LogP contribution is -2.58. The molecule has 2 amide bonds. The molecule has 2 saturated heterocycles. The molecule has 0 aromatic heterocycles. The average molecular weight is 799 g/mol. The highest BCUT2D eigenvalue weighted by atomic mass is 19.1. The van der Waals surface area contributed by atoms with Crippen LogP contribution in [0.2, 0.25) is 0 Å². The highest BCUT2D eigenvalue weighted by molar-refractivity contribution is 5.86. The molecule has 308 valence electrons. The molecule has 1 N–H and O–H groups in total. The van der Waals surface area contributed by atoms with E-state index in [-0.39, 0.29) is 24.2 Å². The molecule has 0 spiro atoms. The van der Waals surface area contributed by atoms with Crippen molar-refractivity contribution in [1.82, 2.24) is 20.0 Å². The van der Waals surface area contributed by atoms with Crippen LogP contribution in [-0.2, 0) is 35.7 Å². The number of alkyl carbamates (subject to hydrolysis) is 1.